The van der Waals surface area contributed by atoms with E-state index in [0.29, 0.717) is 22.5 Å². The van der Waals surface area contributed by atoms with Crippen LogP contribution in [0.2, 0.25) is 0 Å². The van der Waals surface area contributed by atoms with Gasteiger partial charge in [0.25, 0.3) is 5.91 Å². The van der Waals surface area contributed by atoms with Crippen molar-refractivity contribution in [1.29, 1.82) is 0 Å². The predicted molar refractivity (Wildman–Crippen MR) is 108 cm³/mol. The first-order chi connectivity index (χ1) is 13.6. The quantitative estimate of drug-likeness (QED) is 0.574. The Morgan fingerprint density at radius 1 is 0.893 bits per heavy atom. The van der Waals surface area contributed by atoms with Crippen molar-refractivity contribution in [3.63, 3.8) is 0 Å². The fourth-order valence-electron chi connectivity index (χ4n) is 2.95. The highest BCUT2D eigenvalue weighted by atomic mass is 16.2. The van der Waals surface area contributed by atoms with Crippen LogP contribution in [0, 0.1) is 0 Å². The maximum atomic E-state index is 13.0. The first kappa shape index (κ1) is 17.4. The number of nitrogens with two attached hydrogens (primary N) is 1. The lowest BCUT2D eigenvalue weighted by molar-refractivity contribution is 0.0998. The molecule has 0 aliphatic rings. The van der Waals surface area contributed by atoms with Crippen molar-refractivity contribution < 1.29 is 9.59 Å². The molecule has 0 aliphatic heterocycles. The van der Waals surface area contributed by atoms with Crippen LogP contribution < -0.4 is 11.1 Å². The molecule has 3 N–H and O–H groups in total. The van der Waals surface area contributed by atoms with E-state index in [0.717, 1.165) is 16.5 Å². The van der Waals surface area contributed by atoms with Gasteiger partial charge >= 0.3 is 0 Å². The fourth-order valence-corrected chi connectivity index (χ4v) is 2.95. The van der Waals surface area contributed by atoms with Gasteiger partial charge in [-0.3, -0.25) is 14.6 Å². The van der Waals surface area contributed by atoms with Crippen molar-refractivity contribution in [2.24, 2.45) is 5.73 Å². The van der Waals surface area contributed by atoms with Crippen LogP contribution in [0.25, 0.3) is 22.2 Å². The highest BCUT2D eigenvalue weighted by Gasteiger charge is 2.14. The van der Waals surface area contributed by atoms with E-state index in [-0.39, 0.29) is 5.91 Å². The molecule has 136 valence electrons. The Morgan fingerprint density at radius 2 is 1.61 bits per heavy atom. The third-order valence-corrected chi connectivity index (χ3v) is 4.36. The summed E-state index contributed by atoms with van der Waals surface area (Å²) in [5.74, 6) is -0.777. The lowest BCUT2D eigenvalue weighted by Gasteiger charge is -2.11. The largest absolute Gasteiger partial charge is 0.366 e. The Labute approximate surface area is 161 Å². The van der Waals surface area contributed by atoms with E-state index in [4.69, 9.17) is 5.73 Å². The molecule has 0 radical (unpaired) electrons. The van der Waals surface area contributed by atoms with Crippen molar-refractivity contribution in [2.45, 2.75) is 0 Å². The molecule has 0 saturated carbocycles. The Bertz CT molecular complexity index is 1170. The number of pyridine rings is 2. The van der Waals surface area contributed by atoms with Crippen molar-refractivity contribution >= 4 is 28.4 Å². The molecule has 4 aromatic rings. The summed E-state index contributed by atoms with van der Waals surface area (Å²) in [6.07, 6.45) is 3.37. The minimum atomic E-state index is -0.514. The number of hydrogen-bond donors (Lipinski definition) is 2. The molecule has 2 aromatic carbocycles. The van der Waals surface area contributed by atoms with Gasteiger partial charge in [0.1, 0.15) is 0 Å². The molecule has 0 atom stereocenters. The second kappa shape index (κ2) is 7.28. The summed E-state index contributed by atoms with van der Waals surface area (Å²) < 4.78 is 0. The topological polar surface area (TPSA) is 98.0 Å². The summed E-state index contributed by atoms with van der Waals surface area (Å²) in [5, 5.41) is 3.62. The number of nitrogens with one attached hydrogen (secondary N) is 1. The van der Waals surface area contributed by atoms with Crippen molar-refractivity contribution in [3.05, 3.63) is 90.3 Å². The number of hydrogen-bond acceptors (Lipinski definition) is 4. The number of nitrogens with zero attached hydrogens (tertiary/aromatic N) is 2. The van der Waals surface area contributed by atoms with Crippen molar-refractivity contribution in [1.82, 2.24) is 9.97 Å². The van der Waals surface area contributed by atoms with Crippen LogP contribution in [-0.4, -0.2) is 21.8 Å². The zero-order chi connectivity index (χ0) is 19.5. The Morgan fingerprint density at radius 3 is 2.32 bits per heavy atom. The molecule has 0 saturated heterocycles. The van der Waals surface area contributed by atoms with E-state index < -0.39 is 5.91 Å². The number of rotatable bonds is 4. The first-order valence-electron chi connectivity index (χ1n) is 8.63. The summed E-state index contributed by atoms with van der Waals surface area (Å²) in [5.41, 5.74) is 9.01. The van der Waals surface area contributed by atoms with Crippen molar-refractivity contribution in [3.8, 4) is 11.3 Å². The van der Waals surface area contributed by atoms with E-state index in [1.807, 2.05) is 36.4 Å². The number of primary amides is 1. The third kappa shape index (κ3) is 3.43. The summed E-state index contributed by atoms with van der Waals surface area (Å²) in [7, 11) is 0. The van der Waals surface area contributed by atoms with Gasteiger partial charge in [0, 0.05) is 34.6 Å². The zero-order valence-corrected chi connectivity index (χ0v) is 14.8. The fraction of sp³-hybridized carbons (Fsp3) is 0. The van der Waals surface area contributed by atoms with Gasteiger partial charge in [0.15, 0.2) is 0 Å². The van der Waals surface area contributed by atoms with Gasteiger partial charge in [0.2, 0.25) is 5.91 Å². The standard InChI is InChI=1S/C22H16N4O2/c23-21(27)15-5-7-16(8-6-15)25-22(28)18-13-20(14-9-11-24-12-10-14)26-19-4-2-1-3-17(18)19/h1-13H,(H2,23,27)(H,25,28). The average Bonchev–Trinajstić information content (AvgIpc) is 2.74. The minimum Gasteiger partial charge on any atom is -0.366 e. The van der Waals surface area contributed by atoms with Gasteiger partial charge in [-0.15, -0.1) is 0 Å². The summed E-state index contributed by atoms with van der Waals surface area (Å²) in [4.78, 5) is 32.9. The second-order valence-corrected chi connectivity index (χ2v) is 6.20. The van der Waals surface area contributed by atoms with Gasteiger partial charge in [-0.1, -0.05) is 18.2 Å². The molecule has 4 rings (SSSR count). The molecule has 0 spiro atoms. The maximum absolute atomic E-state index is 13.0. The molecule has 0 bridgehead atoms. The van der Waals surface area contributed by atoms with E-state index in [1.165, 1.54) is 0 Å². The molecule has 0 unspecified atom stereocenters. The van der Waals surface area contributed by atoms with Gasteiger partial charge in [-0.2, -0.15) is 0 Å². The van der Waals surface area contributed by atoms with E-state index in [9.17, 15) is 9.59 Å². The molecule has 2 amide bonds. The average molecular weight is 368 g/mol. The van der Waals surface area contributed by atoms with E-state index >= 15 is 0 Å². The summed E-state index contributed by atoms with van der Waals surface area (Å²) >= 11 is 0. The SMILES string of the molecule is NC(=O)c1ccc(NC(=O)c2cc(-c3ccncc3)nc3ccccc23)cc1. The molecule has 6 heteroatoms. The van der Waals surface area contributed by atoms with Crippen LogP contribution in [-0.2, 0) is 0 Å². The highest BCUT2D eigenvalue weighted by Crippen LogP contribution is 2.25. The number of carbonyl (C=O) groups is 2. The van der Waals surface area contributed by atoms with Crippen LogP contribution in [0.4, 0.5) is 5.69 Å². The molecule has 0 aliphatic carbocycles. The van der Waals surface area contributed by atoms with E-state index in [1.54, 1.807) is 42.7 Å². The van der Waals surface area contributed by atoms with Gasteiger partial charge in [-0.25, -0.2) is 4.98 Å². The second-order valence-electron chi connectivity index (χ2n) is 6.20. The monoisotopic (exact) mass is 368 g/mol. The Balaban J connectivity index is 1.74. The highest BCUT2D eigenvalue weighted by molar-refractivity contribution is 6.13. The number of carbonyl (C=O) groups excluding carboxylic acids is 2. The Hall–Kier alpha value is -4.06. The summed E-state index contributed by atoms with van der Waals surface area (Å²) in [6.45, 7) is 0. The van der Waals surface area contributed by atoms with E-state index in [2.05, 4.69) is 15.3 Å². The molecular formula is C22H16N4O2. The smallest absolute Gasteiger partial charge is 0.256 e. The van der Waals surface area contributed by atoms with Gasteiger partial charge < -0.3 is 11.1 Å². The van der Waals surface area contributed by atoms with Crippen LogP contribution in [0.1, 0.15) is 20.7 Å². The number of anilines is 1. The van der Waals surface area contributed by atoms with Crippen LogP contribution in [0.5, 0.6) is 0 Å². The van der Waals surface area contributed by atoms with Crippen molar-refractivity contribution in [2.75, 3.05) is 5.32 Å². The predicted octanol–water partition coefficient (Wildman–Crippen LogP) is 3.65. The zero-order valence-electron chi connectivity index (χ0n) is 14.8. The lowest BCUT2D eigenvalue weighted by atomic mass is 10.0. The number of benzene rings is 2. The maximum Gasteiger partial charge on any atom is 0.256 e. The van der Waals surface area contributed by atoms with Gasteiger partial charge in [0.05, 0.1) is 16.8 Å². The third-order valence-electron chi connectivity index (χ3n) is 4.36. The number of amides is 2. The summed E-state index contributed by atoms with van der Waals surface area (Å²) in [6, 6.07) is 19.4. The van der Waals surface area contributed by atoms with Crippen LogP contribution >= 0.6 is 0 Å². The lowest BCUT2D eigenvalue weighted by Crippen LogP contribution is -2.14. The number of aromatic nitrogens is 2. The first-order valence-corrected chi connectivity index (χ1v) is 8.63. The van der Waals surface area contributed by atoms with Gasteiger partial charge in [-0.05, 0) is 48.5 Å². The number of fused-ring (bicyclic) bond motifs is 1. The number of para-hydroxylation sites is 1. The minimum absolute atomic E-state index is 0.263. The molecule has 0 fully saturated rings. The Kier molecular flexibility index (Phi) is 4.51. The van der Waals surface area contributed by atoms with Crippen LogP contribution in [0.3, 0.4) is 0 Å². The molecule has 6 nitrogen and oxygen atoms in total. The molecule has 2 heterocycles. The van der Waals surface area contributed by atoms with Crippen LogP contribution in [0.15, 0.2) is 79.1 Å². The normalized spacial score (nSPS) is 10.6. The molecule has 28 heavy (non-hydrogen) atoms. The molecular weight excluding hydrogens is 352 g/mol. The molecule has 2 aromatic heterocycles.